The Kier molecular flexibility index (Phi) is 4.66. The molecule has 2 atom stereocenters. The van der Waals surface area contributed by atoms with Gasteiger partial charge < -0.3 is 14.8 Å². The van der Waals surface area contributed by atoms with E-state index in [0.29, 0.717) is 5.56 Å². The minimum Gasteiger partial charge on any atom is -0.391 e. The monoisotopic (exact) mass is 403 g/mol. The summed E-state index contributed by atoms with van der Waals surface area (Å²) in [5.74, 6) is 0. The van der Waals surface area contributed by atoms with Crippen LogP contribution in [0.3, 0.4) is 0 Å². The molecule has 1 aliphatic rings. The maximum atomic E-state index is 10.2. The Bertz CT molecular complexity index is 1220. The van der Waals surface area contributed by atoms with E-state index < -0.39 is 0 Å². The number of imidazole rings is 1. The zero-order valence-corrected chi connectivity index (χ0v) is 16.7. The molecule has 0 saturated heterocycles. The average molecular weight is 404 g/mol. The first-order valence-corrected chi connectivity index (χ1v) is 10.7. The number of aliphatic hydroxyl groups is 1. The molecule has 5 rings (SSSR count). The summed E-state index contributed by atoms with van der Waals surface area (Å²) in [6.45, 7) is 0. The van der Waals surface area contributed by atoms with Gasteiger partial charge in [-0.25, -0.2) is 9.97 Å². The molecule has 1 aromatic carbocycles. The number of nitrogens with zero attached hydrogens (tertiary/aromatic N) is 4. The van der Waals surface area contributed by atoms with Crippen molar-refractivity contribution < 1.29 is 5.11 Å². The number of nitrogens with one attached hydrogen (secondary N) is 1. The van der Waals surface area contributed by atoms with Crippen LogP contribution in [0, 0.1) is 11.3 Å². The van der Waals surface area contributed by atoms with Crippen LogP contribution in [0.15, 0.2) is 42.7 Å². The number of pyridine rings is 1. The first-order chi connectivity index (χ1) is 14.2. The van der Waals surface area contributed by atoms with Gasteiger partial charge in [-0.05, 0) is 42.7 Å². The Balaban J connectivity index is 1.38. The fourth-order valence-electron chi connectivity index (χ4n) is 4.02. The number of fused-ring (bicyclic) bond motifs is 2. The van der Waals surface area contributed by atoms with Crippen LogP contribution in [0.25, 0.3) is 15.9 Å². The fourth-order valence-corrected chi connectivity index (χ4v) is 5.01. The third-order valence-electron chi connectivity index (χ3n) is 5.60. The molecule has 0 bridgehead atoms. The highest BCUT2D eigenvalue weighted by Crippen LogP contribution is 2.30. The fraction of sp³-hybridized carbons (Fsp3) is 0.318. The molecular formula is C22H21N5OS. The molecule has 1 saturated carbocycles. The lowest BCUT2D eigenvalue weighted by atomic mass is 9.93. The van der Waals surface area contributed by atoms with Gasteiger partial charge in [0.15, 0.2) is 5.13 Å². The highest BCUT2D eigenvalue weighted by Gasteiger charge is 2.23. The van der Waals surface area contributed by atoms with Crippen LogP contribution < -0.4 is 5.32 Å². The van der Waals surface area contributed by atoms with Crippen molar-refractivity contribution in [2.75, 3.05) is 5.32 Å². The largest absolute Gasteiger partial charge is 0.391 e. The van der Waals surface area contributed by atoms with Crippen molar-refractivity contribution in [1.29, 1.82) is 5.26 Å². The molecular weight excluding hydrogens is 382 g/mol. The molecule has 1 fully saturated rings. The predicted molar refractivity (Wildman–Crippen MR) is 114 cm³/mol. The number of aromatic nitrogens is 3. The summed E-state index contributed by atoms with van der Waals surface area (Å²) in [6.07, 6.45) is 8.34. The van der Waals surface area contributed by atoms with Crippen LogP contribution in [0.2, 0.25) is 0 Å². The third-order valence-corrected chi connectivity index (χ3v) is 6.54. The van der Waals surface area contributed by atoms with E-state index >= 15 is 0 Å². The average Bonchev–Trinajstić information content (AvgIpc) is 3.32. The van der Waals surface area contributed by atoms with Gasteiger partial charge in [-0.15, -0.1) is 0 Å². The summed E-state index contributed by atoms with van der Waals surface area (Å²) < 4.78 is 3.16. The molecule has 6 nitrogen and oxygen atoms in total. The lowest BCUT2D eigenvalue weighted by Crippen LogP contribution is -2.36. The van der Waals surface area contributed by atoms with Crippen LogP contribution >= 0.6 is 11.3 Å². The van der Waals surface area contributed by atoms with Gasteiger partial charge in [0.2, 0.25) is 0 Å². The first kappa shape index (κ1) is 18.1. The van der Waals surface area contributed by atoms with Crippen molar-refractivity contribution in [3.63, 3.8) is 0 Å². The Morgan fingerprint density at radius 3 is 3.00 bits per heavy atom. The number of anilines is 1. The van der Waals surface area contributed by atoms with Gasteiger partial charge in [-0.2, -0.15) is 5.26 Å². The van der Waals surface area contributed by atoms with Crippen molar-refractivity contribution >= 4 is 32.3 Å². The molecule has 0 spiro atoms. The molecule has 0 radical (unpaired) electrons. The molecule has 3 aromatic heterocycles. The normalized spacial score (nSPS) is 19.4. The minimum absolute atomic E-state index is 0.0974. The van der Waals surface area contributed by atoms with Crippen LogP contribution in [0.1, 0.15) is 42.5 Å². The Morgan fingerprint density at radius 1 is 1.24 bits per heavy atom. The maximum Gasteiger partial charge on any atom is 0.184 e. The van der Waals surface area contributed by atoms with E-state index in [1.54, 1.807) is 17.4 Å². The van der Waals surface area contributed by atoms with Crippen molar-refractivity contribution in [3.8, 4) is 6.07 Å². The SMILES string of the molecule is N#Cc1ccn2c(Cc3ccc4nc(NC5CCCCC5O)sc4c3)cnc2c1. The van der Waals surface area contributed by atoms with Gasteiger partial charge in [0.25, 0.3) is 0 Å². The highest BCUT2D eigenvalue weighted by molar-refractivity contribution is 7.22. The summed E-state index contributed by atoms with van der Waals surface area (Å²) in [4.78, 5) is 9.13. The molecule has 2 unspecified atom stereocenters. The number of hydrogen-bond donors (Lipinski definition) is 2. The van der Waals surface area contributed by atoms with Crippen LogP contribution in [-0.4, -0.2) is 31.6 Å². The molecule has 0 aliphatic heterocycles. The number of benzene rings is 1. The molecule has 7 heteroatoms. The second kappa shape index (κ2) is 7.47. The van der Waals surface area contributed by atoms with E-state index in [4.69, 9.17) is 10.2 Å². The minimum atomic E-state index is -0.289. The highest BCUT2D eigenvalue weighted by atomic mass is 32.1. The van der Waals surface area contributed by atoms with Crippen LogP contribution in [-0.2, 0) is 6.42 Å². The third kappa shape index (κ3) is 3.57. The number of aliphatic hydroxyl groups excluding tert-OH is 1. The van der Waals surface area contributed by atoms with Crippen LogP contribution in [0.5, 0.6) is 0 Å². The van der Waals surface area contributed by atoms with E-state index in [1.807, 2.05) is 22.9 Å². The topological polar surface area (TPSA) is 86.2 Å². The standard InChI is InChI=1S/C22H21N5OS/c23-12-15-7-8-27-16(13-24-21(27)11-15)9-14-5-6-18-20(10-14)29-22(26-18)25-17-3-1-2-4-19(17)28/h5-8,10-11,13,17,19,28H,1-4,9H2,(H,25,26). The van der Waals surface area contributed by atoms with Gasteiger partial charge in [0.1, 0.15) is 5.65 Å². The summed E-state index contributed by atoms with van der Waals surface area (Å²) in [6, 6.07) is 12.2. The van der Waals surface area contributed by atoms with Crippen molar-refractivity contribution in [2.45, 2.75) is 44.2 Å². The number of nitriles is 1. The molecule has 0 amide bonds. The van der Waals surface area contributed by atoms with Crippen LogP contribution in [0.4, 0.5) is 5.13 Å². The van der Waals surface area contributed by atoms with E-state index in [-0.39, 0.29) is 12.1 Å². The van der Waals surface area contributed by atoms with Gasteiger partial charge in [-0.3, -0.25) is 0 Å². The zero-order chi connectivity index (χ0) is 19.8. The Hall–Kier alpha value is -2.95. The summed E-state index contributed by atoms with van der Waals surface area (Å²) in [7, 11) is 0. The Morgan fingerprint density at radius 2 is 2.14 bits per heavy atom. The predicted octanol–water partition coefficient (Wildman–Crippen LogP) is 4.12. The molecule has 2 N–H and O–H groups in total. The smallest absolute Gasteiger partial charge is 0.184 e. The van der Waals surface area contributed by atoms with Crippen molar-refractivity contribution in [2.24, 2.45) is 0 Å². The van der Waals surface area contributed by atoms with Crippen molar-refractivity contribution in [3.05, 3.63) is 59.5 Å². The van der Waals surface area contributed by atoms with Gasteiger partial charge in [0, 0.05) is 24.5 Å². The van der Waals surface area contributed by atoms with Gasteiger partial charge >= 0.3 is 0 Å². The summed E-state index contributed by atoms with van der Waals surface area (Å²) in [5, 5.41) is 23.6. The Labute approximate surface area is 172 Å². The first-order valence-electron chi connectivity index (χ1n) is 9.90. The maximum absolute atomic E-state index is 10.2. The summed E-state index contributed by atoms with van der Waals surface area (Å²) in [5.41, 5.74) is 4.65. The molecule has 146 valence electrons. The number of rotatable bonds is 4. The summed E-state index contributed by atoms with van der Waals surface area (Å²) >= 11 is 1.64. The lowest BCUT2D eigenvalue weighted by Gasteiger charge is -2.27. The lowest BCUT2D eigenvalue weighted by molar-refractivity contribution is 0.116. The number of hydrogen-bond acceptors (Lipinski definition) is 6. The van der Waals surface area contributed by atoms with E-state index in [9.17, 15) is 5.11 Å². The molecule has 1 aliphatic carbocycles. The second-order valence-corrected chi connectivity index (χ2v) is 8.64. The molecule has 4 aromatic rings. The molecule has 29 heavy (non-hydrogen) atoms. The zero-order valence-electron chi connectivity index (χ0n) is 15.9. The van der Waals surface area contributed by atoms with E-state index in [0.717, 1.165) is 58.8 Å². The quantitative estimate of drug-likeness (QED) is 0.535. The van der Waals surface area contributed by atoms with Crippen molar-refractivity contribution in [1.82, 2.24) is 14.4 Å². The van der Waals surface area contributed by atoms with Gasteiger partial charge in [0.05, 0.1) is 34.0 Å². The van der Waals surface area contributed by atoms with E-state index in [1.165, 1.54) is 5.56 Å². The second-order valence-electron chi connectivity index (χ2n) is 7.61. The van der Waals surface area contributed by atoms with E-state index in [2.05, 4.69) is 34.6 Å². The molecule has 3 heterocycles. The number of thiazole rings is 1. The van der Waals surface area contributed by atoms with Gasteiger partial charge in [-0.1, -0.05) is 30.2 Å².